The third-order valence-corrected chi connectivity index (χ3v) is 4.54. The van der Waals surface area contributed by atoms with Crippen molar-refractivity contribution >= 4 is 11.6 Å². The summed E-state index contributed by atoms with van der Waals surface area (Å²) in [5, 5.41) is 2.98. The average molecular weight is 375 g/mol. The molecular weight excluding hydrogens is 350 g/mol. The van der Waals surface area contributed by atoms with Crippen molar-refractivity contribution in [2.24, 2.45) is 0 Å². The van der Waals surface area contributed by atoms with Gasteiger partial charge >= 0.3 is 0 Å². The number of amides is 1. The lowest BCUT2D eigenvalue weighted by molar-refractivity contribution is 0.102. The van der Waals surface area contributed by atoms with Gasteiger partial charge in [0.2, 0.25) is 0 Å². The number of methoxy groups -OCH3 is 1. The van der Waals surface area contributed by atoms with Gasteiger partial charge in [0, 0.05) is 16.8 Å². The number of hydrogen-bond acceptors (Lipinski definition) is 3. The Labute approximate surface area is 166 Å². The molecule has 4 nitrogen and oxygen atoms in total. The molecule has 0 saturated carbocycles. The number of carbonyl (C=O) groups excluding carboxylic acids is 1. The summed E-state index contributed by atoms with van der Waals surface area (Å²) >= 11 is 0. The smallest absolute Gasteiger partial charge is 0.255 e. The molecule has 0 aliphatic carbocycles. The molecule has 1 amide bonds. The van der Waals surface area contributed by atoms with Crippen LogP contribution in [0.5, 0.6) is 5.75 Å². The minimum absolute atomic E-state index is 0.154. The summed E-state index contributed by atoms with van der Waals surface area (Å²) in [6.45, 7) is 4.88. The maximum absolute atomic E-state index is 12.7. The predicted octanol–water partition coefficient (Wildman–Crippen LogP) is 5.28. The SMILES string of the molecule is COc1ccc(C(=O)Nc2ccc(C)cc2C)cc1COCc1ccccc1. The number of carbonyl (C=O) groups is 1. The molecule has 144 valence electrons. The molecule has 0 aliphatic heterocycles. The van der Waals surface area contributed by atoms with Crippen LogP contribution in [0.3, 0.4) is 0 Å². The summed E-state index contributed by atoms with van der Waals surface area (Å²) in [6, 6.07) is 21.3. The van der Waals surface area contributed by atoms with Gasteiger partial charge in [-0.3, -0.25) is 4.79 Å². The normalized spacial score (nSPS) is 10.5. The fourth-order valence-electron chi connectivity index (χ4n) is 3.03. The van der Waals surface area contributed by atoms with Gasteiger partial charge in [-0.25, -0.2) is 0 Å². The van der Waals surface area contributed by atoms with E-state index in [9.17, 15) is 4.79 Å². The van der Waals surface area contributed by atoms with E-state index in [-0.39, 0.29) is 5.91 Å². The third kappa shape index (κ3) is 4.99. The van der Waals surface area contributed by atoms with E-state index in [1.807, 2.05) is 68.4 Å². The number of aryl methyl sites for hydroxylation is 2. The van der Waals surface area contributed by atoms with Crippen LogP contribution in [0, 0.1) is 13.8 Å². The lowest BCUT2D eigenvalue weighted by atomic mass is 10.1. The maximum atomic E-state index is 12.7. The molecule has 0 fully saturated rings. The van der Waals surface area contributed by atoms with Crippen molar-refractivity contribution in [2.45, 2.75) is 27.1 Å². The Balaban J connectivity index is 1.71. The zero-order valence-corrected chi connectivity index (χ0v) is 16.5. The van der Waals surface area contributed by atoms with Crippen LogP contribution in [0.15, 0.2) is 66.7 Å². The number of benzene rings is 3. The lowest BCUT2D eigenvalue weighted by Gasteiger charge is -2.13. The first-order valence-corrected chi connectivity index (χ1v) is 9.24. The number of rotatable bonds is 7. The summed E-state index contributed by atoms with van der Waals surface area (Å²) in [5.74, 6) is 0.551. The fourth-order valence-corrected chi connectivity index (χ4v) is 3.03. The van der Waals surface area contributed by atoms with E-state index in [2.05, 4.69) is 5.32 Å². The van der Waals surface area contributed by atoms with Gasteiger partial charge < -0.3 is 14.8 Å². The van der Waals surface area contributed by atoms with Gasteiger partial charge in [0.1, 0.15) is 5.75 Å². The highest BCUT2D eigenvalue weighted by Gasteiger charge is 2.12. The minimum atomic E-state index is -0.154. The Morgan fingerprint density at radius 2 is 1.71 bits per heavy atom. The standard InChI is InChI=1S/C24H25NO3/c1-17-9-11-22(18(2)13-17)25-24(26)20-10-12-23(27-3)21(14-20)16-28-15-19-7-5-4-6-8-19/h4-14H,15-16H2,1-3H3,(H,25,26). The highest BCUT2D eigenvalue weighted by molar-refractivity contribution is 6.04. The molecule has 28 heavy (non-hydrogen) atoms. The molecule has 0 aromatic heterocycles. The van der Waals surface area contributed by atoms with Crippen LogP contribution in [-0.4, -0.2) is 13.0 Å². The highest BCUT2D eigenvalue weighted by Crippen LogP contribution is 2.23. The number of ether oxygens (including phenoxy) is 2. The molecule has 0 radical (unpaired) electrons. The molecule has 0 aliphatic rings. The van der Waals surface area contributed by atoms with Crippen molar-refractivity contribution in [3.05, 3.63) is 94.5 Å². The molecule has 3 aromatic carbocycles. The van der Waals surface area contributed by atoms with Crippen molar-refractivity contribution in [1.82, 2.24) is 0 Å². The summed E-state index contributed by atoms with van der Waals surface area (Å²) in [7, 11) is 1.62. The minimum Gasteiger partial charge on any atom is -0.496 e. The van der Waals surface area contributed by atoms with E-state index in [4.69, 9.17) is 9.47 Å². The molecule has 0 atom stereocenters. The molecule has 0 bridgehead atoms. The van der Waals surface area contributed by atoms with Gasteiger partial charge in [-0.2, -0.15) is 0 Å². The first kappa shape index (κ1) is 19.6. The van der Waals surface area contributed by atoms with Crippen molar-refractivity contribution in [2.75, 3.05) is 12.4 Å². The maximum Gasteiger partial charge on any atom is 0.255 e. The Bertz CT molecular complexity index is 951. The van der Waals surface area contributed by atoms with E-state index < -0.39 is 0 Å². The van der Waals surface area contributed by atoms with Gasteiger partial charge in [-0.05, 0) is 49.2 Å². The summed E-state index contributed by atoms with van der Waals surface area (Å²) in [5.41, 5.74) is 5.52. The molecule has 0 saturated heterocycles. The van der Waals surface area contributed by atoms with Crippen molar-refractivity contribution in [1.29, 1.82) is 0 Å². The second-order valence-electron chi connectivity index (χ2n) is 6.78. The Hall–Kier alpha value is -3.11. The quantitative estimate of drug-likeness (QED) is 0.611. The first-order chi connectivity index (χ1) is 13.6. The van der Waals surface area contributed by atoms with E-state index >= 15 is 0 Å². The van der Waals surface area contributed by atoms with Gasteiger partial charge in [0.05, 0.1) is 20.3 Å². The average Bonchev–Trinajstić information content (AvgIpc) is 2.70. The third-order valence-electron chi connectivity index (χ3n) is 4.54. The molecule has 0 unspecified atom stereocenters. The molecule has 3 aromatic rings. The van der Waals surface area contributed by atoms with Gasteiger partial charge in [-0.15, -0.1) is 0 Å². The fraction of sp³-hybridized carbons (Fsp3) is 0.208. The molecule has 3 rings (SSSR count). The molecule has 0 heterocycles. The number of nitrogens with one attached hydrogen (secondary N) is 1. The van der Waals surface area contributed by atoms with Crippen LogP contribution in [0.1, 0.15) is 32.6 Å². The van der Waals surface area contributed by atoms with Crippen LogP contribution in [0.2, 0.25) is 0 Å². The zero-order chi connectivity index (χ0) is 19.9. The van der Waals surface area contributed by atoms with Crippen molar-refractivity contribution in [3.63, 3.8) is 0 Å². The van der Waals surface area contributed by atoms with Crippen LogP contribution in [0.4, 0.5) is 5.69 Å². The van der Waals surface area contributed by atoms with Crippen molar-refractivity contribution < 1.29 is 14.3 Å². The molecular formula is C24H25NO3. The van der Waals surface area contributed by atoms with Crippen molar-refractivity contribution in [3.8, 4) is 5.75 Å². The predicted molar refractivity (Wildman–Crippen MR) is 112 cm³/mol. The summed E-state index contributed by atoms with van der Waals surface area (Å²) in [6.07, 6.45) is 0. The van der Waals surface area contributed by atoms with E-state index in [1.54, 1.807) is 19.2 Å². The molecule has 1 N–H and O–H groups in total. The summed E-state index contributed by atoms with van der Waals surface area (Å²) < 4.78 is 11.2. The Morgan fingerprint density at radius 3 is 2.43 bits per heavy atom. The van der Waals surface area contributed by atoms with E-state index in [0.29, 0.717) is 24.5 Å². The Morgan fingerprint density at radius 1 is 0.929 bits per heavy atom. The second kappa shape index (κ2) is 9.20. The van der Waals surface area contributed by atoms with Crippen LogP contribution >= 0.6 is 0 Å². The van der Waals surface area contributed by atoms with Crippen LogP contribution in [0.25, 0.3) is 0 Å². The number of hydrogen-bond donors (Lipinski definition) is 1. The van der Waals surface area contributed by atoms with Gasteiger partial charge in [0.25, 0.3) is 5.91 Å². The van der Waals surface area contributed by atoms with E-state index in [0.717, 1.165) is 27.9 Å². The number of anilines is 1. The van der Waals surface area contributed by atoms with E-state index in [1.165, 1.54) is 0 Å². The molecule has 0 spiro atoms. The van der Waals surface area contributed by atoms with Gasteiger partial charge in [-0.1, -0.05) is 48.0 Å². The molecule has 4 heteroatoms. The summed E-state index contributed by atoms with van der Waals surface area (Å²) in [4.78, 5) is 12.7. The first-order valence-electron chi connectivity index (χ1n) is 9.24. The van der Waals surface area contributed by atoms with Crippen LogP contribution in [-0.2, 0) is 18.0 Å². The zero-order valence-electron chi connectivity index (χ0n) is 16.5. The van der Waals surface area contributed by atoms with Crippen LogP contribution < -0.4 is 10.1 Å². The largest absolute Gasteiger partial charge is 0.496 e. The second-order valence-corrected chi connectivity index (χ2v) is 6.78. The topological polar surface area (TPSA) is 47.6 Å². The monoisotopic (exact) mass is 375 g/mol. The lowest BCUT2D eigenvalue weighted by Crippen LogP contribution is -2.13. The van der Waals surface area contributed by atoms with Gasteiger partial charge in [0.15, 0.2) is 0 Å². The Kier molecular flexibility index (Phi) is 6.45. The highest BCUT2D eigenvalue weighted by atomic mass is 16.5.